The lowest BCUT2D eigenvalue weighted by Crippen LogP contribution is -2.61. The van der Waals surface area contributed by atoms with Crippen molar-refractivity contribution in [2.45, 2.75) is 45.8 Å². The Hall–Kier alpha value is -0.120. The van der Waals surface area contributed by atoms with Crippen LogP contribution in [0.1, 0.15) is 34.6 Å². The van der Waals surface area contributed by atoms with Crippen molar-refractivity contribution in [3.8, 4) is 0 Å². The largest absolute Gasteiger partial charge is 0.389 e. The zero-order valence-electron chi connectivity index (χ0n) is 10.8. The van der Waals surface area contributed by atoms with Crippen LogP contribution in [0, 0.1) is 5.92 Å². The number of nitrogens with one attached hydrogen (secondary N) is 1. The summed E-state index contributed by atoms with van der Waals surface area (Å²) in [7, 11) is 0. The van der Waals surface area contributed by atoms with Gasteiger partial charge in [0.25, 0.3) is 0 Å². The summed E-state index contributed by atoms with van der Waals surface area (Å²) in [6.45, 7) is 14.4. The molecule has 1 unspecified atom stereocenters. The second kappa shape index (κ2) is 4.40. The van der Waals surface area contributed by atoms with E-state index in [2.05, 4.69) is 37.9 Å². The average Bonchev–Trinajstić information content (AvgIpc) is 2.08. The third-order valence-corrected chi connectivity index (χ3v) is 3.73. The van der Waals surface area contributed by atoms with Crippen LogP contribution in [-0.2, 0) is 0 Å². The molecule has 1 saturated heterocycles. The van der Waals surface area contributed by atoms with E-state index in [9.17, 15) is 5.11 Å². The fourth-order valence-electron chi connectivity index (χ4n) is 1.88. The lowest BCUT2D eigenvalue weighted by molar-refractivity contribution is -0.0497. The maximum Gasteiger partial charge on any atom is 0.0769 e. The van der Waals surface area contributed by atoms with Gasteiger partial charge in [-0.25, -0.2) is 0 Å². The number of rotatable bonds is 3. The van der Waals surface area contributed by atoms with Crippen LogP contribution in [-0.4, -0.2) is 47.3 Å². The van der Waals surface area contributed by atoms with Crippen LogP contribution in [0.5, 0.6) is 0 Å². The predicted octanol–water partition coefficient (Wildman–Crippen LogP) is 1.08. The summed E-state index contributed by atoms with van der Waals surface area (Å²) < 4.78 is 0. The van der Waals surface area contributed by atoms with E-state index in [0.29, 0.717) is 5.92 Å². The molecule has 0 spiro atoms. The van der Waals surface area contributed by atoms with Crippen molar-refractivity contribution in [2.75, 3.05) is 26.2 Å². The molecule has 2 N–H and O–H groups in total. The lowest BCUT2D eigenvalue weighted by atomic mass is 9.89. The molecule has 0 aliphatic carbocycles. The van der Waals surface area contributed by atoms with Gasteiger partial charge in [0.05, 0.1) is 5.60 Å². The van der Waals surface area contributed by atoms with Gasteiger partial charge >= 0.3 is 0 Å². The first-order valence-electron chi connectivity index (χ1n) is 5.94. The highest BCUT2D eigenvalue weighted by atomic mass is 16.3. The Kier molecular flexibility index (Phi) is 3.80. The molecule has 1 aliphatic rings. The monoisotopic (exact) mass is 214 g/mol. The lowest BCUT2D eigenvalue weighted by Gasteiger charge is -2.46. The standard InChI is InChI=1S/C12H26N2O/c1-10(2)12(5,15)9-14-7-6-13-8-11(14,3)4/h10,13,15H,6-9H2,1-5H3. The van der Waals surface area contributed by atoms with Gasteiger partial charge in [-0.3, -0.25) is 4.90 Å². The van der Waals surface area contributed by atoms with Gasteiger partial charge in [0, 0.05) is 31.7 Å². The maximum atomic E-state index is 10.3. The van der Waals surface area contributed by atoms with Crippen LogP contribution in [0.2, 0.25) is 0 Å². The van der Waals surface area contributed by atoms with Crippen molar-refractivity contribution in [1.29, 1.82) is 0 Å². The summed E-state index contributed by atoms with van der Waals surface area (Å²) in [5.41, 5.74) is -0.439. The van der Waals surface area contributed by atoms with Gasteiger partial charge in [0.2, 0.25) is 0 Å². The molecule has 1 atom stereocenters. The quantitative estimate of drug-likeness (QED) is 0.738. The molecule has 90 valence electrons. The van der Waals surface area contributed by atoms with Crippen molar-refractivity contribution < 1.29 is 5.11 Å². The number of nitrogens with zero attached hydrogens (tertiary/aromatic N) is 1. The number of β-amino-alcohol motifs (C(OH)–C–C–N with tert-alkyl or cyclic N) is 1. The minimum atomic E-state index is -0.589. The van der Waals surface area contributed by atoms with Gasteiger partial charge in [-0.15, -0.1) is 0 Å². The van der Waals surface area contributed by atoms with Crippen LogP contribution in [0.15, 0.2) is 0 Å². The first kappa shape index (κ1) is 12.9. The van der Waals surface area contributed by atoms with Crippen molar-refractivity contribution >= 4 is 0 Å². The number of hydrogen-bond acceptors (Lipinski definition) is 3. The summed E-state index contributed by atoms with van der Waals surface area (Å²) >= 11 is 0. The maximum absolute atomic E-state index is 10.3. The fraction of sp³-hybridized carbons (Fsp3) is 1.00. The second-order valence-electron chi connectivity index (χ2n) is 5.92. The molecule has 15 heavy (non-hydrogen) atoms. The Balaban J connectivity index is 2.63. The van der Waals surface area contributed by atoms with Crippen molar-refractivity contribution in [2.24, 2.45) is 5.92 Å². The zero-order valence-corrected chi connectivity index (χ0v) is 10.8. The Morgan fingerprint density at radius 3 is 2.53 bits per heavy atom. The van der Waals surface area contributed by atoms with E-state index in [-0.39, 0.29) is 5.54 Å². The summed E-state index contributed by atoms with van der Waals surface area (Å²) in [4.78, 5) is 2.39. The molecule has 0 saturated carbocycles. The Morgan fingerprint density at radius 2 is 2.07 bits per heavy atom. The van der Waals surface area contributed by atoms with Crippen LogP contribution in [0.3, 0.4) is 0 Å². The van der Waals surface area contributed by atoms with Gasteiger partial charge in [0.1, 0.15) is 0 Å². The topological polar surface area (TPSA) is 35.5 Å². The van der Waals surface area contributed by atoms with Crippen molar-refractivity contribution in [3.63, 3.8) is 0 Å². The predicted molar refractivity (Wildman–Crippen MR) is 64.0 cm³/mol. The molecule has 3 heteroatoms. The molecule has 0 amide bonds. The first-order chi connectivity index (χ1) is 6.76. The first-order valence-corrected chi connectivity index (χ1v) is 5.94. The van der Waals surface area contributed by atoms with E-state index >= 15 is 0 Å². The highest BCUT2D eigenvalue weighted by Gasteiger charge is 2.35. The molecule has 0 aromatic heterocycles. The molecule has 0 bridgehead atoms. The summed E-state index contributed by atoms with van der Waals surface area (Å²) in [5, 5.41) is 13.7. The molecular weight excluding hydrogens is 188 g/mol. The third kappa shape index (κ3) is 3.16. The molecule has 1 aliphatic heterocycles. The third-order valence-electron chi connectivity index (χ3n) is 3.73. The van der Waals surface area contributed by atoms with Crippen LogP contribution in [0.25, 0.3) is 0 Å². The Morgan fingerprint density at radius 1 is 1.47 bits per heavy atom. The second-order valence-corrected chi connectivity index (χ2v) is 5.92. The van der Waals surface area contributed by atoms with Gasteiger partial charge in [-0.05, 0) is 26.7 Å². The molecular formula is C12H26N2O. The average molecular weight is 214 g/mol. The highest BCUT2D eigenvalue weighted by Crippen LogP contribution is 2.23. The molecule has 1 rings (SSSR count). The number of piperazine rings is 1. The van der Waals surface area contributed by atoms with Gasteiger partial charge < -0.3 is 10.4 Å². The number of aliphatic hydroxyl groups is 1. The van der Waals surface area contributed by atoms with Crippen LogP contribution < -0.4 is 5.32 Å². The Labute approximate surface area is 93.9 Å². The minimum Gasteiger partial charge on any atom is -0.389 e. The molecule has 0 radical (unpaired) electrons. The van der Waals surface area contributed by atoms with Crippen molar-refractivity contribution in [1.82, 2.24) is 10.2 Å². The molecule has 0 aromatic rings. The van der Waals surface area contributed by atoms with Gasteiger partial charge in [-0.2, -0.15) is 0 Å². The SMILES string of the molecule is CC(C)C(C)(O)CN1CCNCC1(C)C. The van der Waals surface area contributed by atoms with E-state index < -0.39 is 5.60 Å². The summed E-state index contributed by atoms with van der Waals surface area (Å²) in [5.74, 6) is 0.295. The summed E-state index contributed by atoms with van der Waals surface area (Å²) in [6.07, 6.45) is 0. The Bertz CT molecular complexity index is 212. The molecule has 1 heterocycles. The van der Waals surface area contributed by atoms with Crippen molar-refractivity contribution in [3.05, 3.63) is 0 Å². The molecule has 3 nitrogen and oxygen atoms in total. The fourth-order valence-corrected chi connectivity index (χ4v) is 1.88. The highest BCUT2D eigenvalue weighted by molar-refractivity contribution is 4.92. The van der Waals surface area contributed by atoms with Crippen LogP contribution >= 0.6 is 0 Å². The van der Waals surface area contributed by atoms with Gasteiger partial charge in [-0.1, -0.05) is 13.8 Å². The van der Waals surface area contributed by atoms with E-state index in [4.69, 9.17) is 0 Å². The minimum absolute atomic E-state index is 0.150. The normalized spacial score (nSPS) is 26.6. The number of hydrogen-bond donors (Lipinski definition) is 2. The molecule has 0 aromatic carbocycles. The van der Waals surface area contributed by atoms with Crippen LogP contribution in [0.4, 0.5) is 0 Å². The molecule has 1 fully saturated rings. The van der Waals surface area contributed by atoms with E-state index in [1.54, 1.807) is 0 Å². The zero-order chi connectivity index (χ0) is 11.7. The van der Waals surface area contributed by atoms with E-state index in [1.807, 2.05) is 6.92 Å². The summed E-state index contributed by atoms with van der Waals surface area (Å²) in [6, 6.07) is 0. The van der Waals surface area contributed by atoms with E-state index in [1.165, 1.54) is 0 Å². The smallest absolute Gasteiger partial charge is 0.0769 e. The van der Waals surface area contributed by atoms with Gasteiger partial charge in [0.15, 0.2) is 0 Å². The van der Waals surface area contributed by atoms with E-state index in [0.717, 1.165) is 26.2 Å².